The zero-order chi connectivity index (χ0) is 30.5. The number of carbonyl (C=O) groups is 1. The largest absolute Gasteiger partial charge is 0.383 e. The third-order valence-electron chi connectivity index (χ3n) is 7.40. The molecule has 1 atom stereocenters. The minimum atomic E-state index is -3.70. The number of rotatable bonds is 14. The molecule has 3 aromatic rings. The van der Waals surface area contributed by atoms with Crippen LogP contribution in [0, 0.1) is 0 Å². The minimum absolute atomic E-state index is 0.00398. The van der Waals surface area contributed by atoms with Crippen molar-refractivity contribution >= 4 is 40.7 Å². The maximum atomic E-state index is 13.7. The second-order valence-electron chi connectivity index (χ2n) is 11.8. The number of hydrogen-bond donors (Lipinski definition) is 2. The van der Waals surface area contributed by atoms with Crippen molar-refractivity contribution in [2.75, 3.05) is 58.0 Å². The topological polar surface area (TPSA) is 159 Å². The predicted molar refractivity (Wildman–Crippen MR) is 166 cm³/mol. The molecule has 1 unspecified atom stereocenters. The van der Waals surface area contributed by atoms with Crippen molar-refractivity contribution < 1.29 is 22.7 Å². The Balaban J connectivity index is 1.68. The number of hydrogen-bond acceptors (Lipinski definition) is 9. The molecule has 0 spiro atoms. The number of amides is 1. The molecular weight excluding hydrogens is 575 g/mol. The molecule has 42 heavy (non-hydrogen) atoms. The van der Waals surface area contributed by atoms with Gasteiger partial charge in [0, 0.05) is 34.8 Å². The van der Waals surface area contributed by atoms with Crippen LogP contribution in [0.2, 0.25) is 25.7 Å². The molecule has 0 radical (unpaired) electrons. The highest BCUT2D eigenvalue weighted by Crippen LogP contribution is 2.33. The van der Waals surface area contributed by atoms with Gasteiger partial charge in [0.05, 0.1) is 41.6 Å². The van der Waals surface area contributed by atoms with Crippen LogP contribution < -0.4 is 11.5 Å². The van der Waals surface area contributed by atoms with Gasteiger partial charge in [0.2, 0.25) is 10.0 Å². The molecule has 230 valence electrons. The lowest BCUT2D eigenvalue weighted by molar-refractivity contribution is 0.0380. The third-order valence-corrected chi connectivity index (χ3v) is 11.0. The Morgan fingerprint density at radius 1 is 1.19 bits per heavy atom. The first-order valence-electron chi connectivity index (χ1n) is 14.2. The van der Waals surface area contributed by atoms with E-state index >= 15 is 0 Å². The van der Waals surface area contributed by atoms with Crippen LogP contribution in [0.5, 0.6) is 0 Å². The molecule has 12 nitrogen and oxygen atoms in total. The molecule has 0 bridgehead atoms. The van der Waals surface area contributed by atoms with Gasteiger partial charge in [-0.1, -0.05) is 50.0 Å². The molecule has 1 aliphatic rings. The minimum Gasteiger partial charge on any atom is -0.383 e. The number of ether oxygens (including phenoxy) is 2. The monoisotopic (exact) mass is 617 g/mol. The number of pyridine rings is 1. The molecule has 0 aliphatic carbocycles. The fraction of sp³-hybridized carbons (Fsp3) is 0.536. The zero-order valence-electron chi connectivity index (χ0n) is 25.0. The number of anilines is 1. The highest BCUT2D eigenvalue weighted by molar-refractivity contribution is 7.89. The van der Waals surface area contributed by atoms with Gasteiger partial charge in [-0.05, 0) is 30.6 Å². The van der Waals surface area contributed by atoms with Crippen molar-refractivity contribution in [1.82, 2.24) is 24.0 Å². The summed E-state index contributed by atoms with van der Waals surface area (Å²) in [6, 6.07) is 11.2. The molecule has 1 fully saturated rings. The summed E-state index contributed by atoms with van der Waals surface area (Å²) in [6.07, 6.45) is 0.492. The summed E-state index contributed by atoms with van der Waals surface area (Å²) < 4.78 is 41.5. The fourth-order valence-electron chi connectivity index (χ4n) is 4.98. The van der Waals surface area contributed by atoms with Crippen LogP contribution in [-0.2, 0) is 26.2 Å². The summed E-state index contributed by atoms with van der Waals surface area (Å²) in [5, 5.41) is 4.72. The normalized spacial score (nSPS) is 15.8. The maximum absolute atomic E-state index is 13.7. The van der Waals surface area contributed by atoms with Gasteiger partial charge in [-0.3, -0.25) is 9.69 Å². The van der Waals surface area contributed by atoms with E-state index in [9.17, 15) is 13.2 Å². The van der Waals surface area contributed by atoms with E-state index in [2.05, 4.69) is 34.6 Å². The number of carbonyl (C=O) groups excluding carboxylic acids is 1. The number of primary amides is 1. The van der Waals surface area contributed by atoms with Crippen molar-refractivity contribution in [2.45, 2.75) is 44.9 Å². The summed E-state index contributed by atoms with van der Waals surface area (Å²) >= 11 is 0. The number of fused-ring (bicyclic) bond motifs is 1. The summed E-state index contributed by atoms with van der Waals surface area (Å²) in [4.78, 5) is 19.1. The lowest BCUT2D eigenvalue weighted by Crippen LogP contribution is -2.39. The second kappa shape index (κ2) is 13.6. The van der Waals surface area contributed by atoms with Gasteiger partial charge < -0.3 is 20.9 Å². The highest BCUT2D eigenvalue weighted by atomic mass is 32.2. The Hall–Kier alpha value is -2.88. The average molecular weight is 618 g/mol. The first-order valence-corrected chi connectivity index (χ1v) is 19.5. The first kappa shape index (κ1) is 32.0. The lowest BCUT2D eigenvalue weighted by atomic mass is 10.0. The van der Waals surface area contributed by atoms with Crippen molar-refractivity contribution in [3.63, 3.8) is 0 Å². The van der Waals surface area contributed by atoms with Crippen LogP contribution in [0.4, 0.5) is 5.82 Å². The molecule has 0 saturated carbocycles. The Bertz CT molecular complexity index is 1470. The van der Waals surface area contributed by atoms with Gasteiger partial charge in [0.15, 0.2) is 5.69 Å². The van der Waals surface area contributed by atoms with Crippen LogP contribution in [0.3, 0.4) is 0 Å². The van der Waals surface area contributed by atoms with E-state index in [0.29, 0.717) is 49.4 Å². The fourth-order valence-corrected chi connectivity index (χ4v) is 7.07. The summed E-state index contributed by atoms with van der Waals surface area (Å²) in [5.41, 5.74) is 13.7. The van der Waals surface area contributed by atoms with Gasteiger partial charge in [-0.15, -0.1) is 0 Å². The molecule has 1 aromatic carbocycles. The third kappa shape index (κ3) is 7.93. The van der Waals surface area contributed by atoms with Crippen LogP contribution in [0.1, 0.15) is 34.2 Å². The van der Waals surface area contributed by atoms with Gasteiger partial charge in [-0.25, -0.2) is 18.1 Å². The van der Waals surface area contributed by atoms with Gasteiger partial charge in [0.25, 0.3) is 5.91 Å². The highest BCUT2D eigenvalue weighted by Gasteiger charge is 2.32. The quantitative estimate of drug-likeness (QED) is 0.205. The van der Waals surface area contributed by atoms with E-state index in [1.54, 1.807) is 17.8 Å². The molecule has 3 heterocycles. The molecule has 1 amide bonds. The first-order chi connectivity index (χ1) is 19.9. The Labute approximate surface area is 249 Å². The summed E-state index contributed by atoms with van der Waals surface area (Å²) in [5.74, 6) is -0.707. The SMILES string of the molecule is CN(C(c1ccccc1)c1cc2c(c(N)n1)c(C(N)=O)nn2COCC[Si](C)(C)C)S(=O)(=O)CCCN1CCOCC1. The van der Waals surface area contributed by atoms with E-state index in [1.807, 2.05) is 30.3 Å². The Kier molecular flexibility index (Phi) is 10.4. The van der Waals surface area contributed by atoms with E-state index in [-0.39, 0.29) is 24.0 Å². The van der Waals surface area contributed by atoms with Gasteiger partial charge in [0.1, 0.15) is 12.5 Å². The average Bonchev–Trinajstić information content (AvgIpc) is 3.31. The van der Waals surface area contributed by atoms with Gasteiger partial charge in [-0.2, -0.15) is 9.40 Å². The number of nitrogen functional groups attached to an aromatic ring is 1. The van der Waals surface area contributed by atoms with E-state index in [4.69, 9.17) is 20.9 Å². The lowest BCUT2D eigenvalue weighted by Gasteiger charge is -2.29. The standard InChI is InChI=1S/C28H43N7O5SSi/c1-33(41(37,38)17-8-11-34-12-14-39-15-13-34)26(21-9-6-5-7-10-21)22-19-23-24(27(29)31-22)25(28(30)36)32-35(23)20-40-16-18-42(2,3)4/h5-7,9-10,19,26H,8,11-18,20H2,1-4H3,(H2,29,31)(H2,30,36). The molecule has 1 aliphatic heterocycles. The number of aromatic nitrogens is 3. The Morgan fingerprint density at radius 3 is 2.52 bits per heavy atom. The molecular formula is C28H43N7O5SSi. The number of nitrogens with two attached hydrogens (primary N) is 2. The predicted octanol–water partition coefficient (Wildman–Crippen LogP) is 2.50. The molecule has 4 N–H and O–H groups in total. The van der Waals surface area contributed by atoms with E-state index in [0.717, 1.165) is 24.7 Å². The summed E-state index contributed by atoms with van der Waals surface area (Å²) in [6.45, 7) is 11.0. The van der Waals surface area contributed by atoms with Crippen molar-refractivity contribution in [1.29, 1.82) is 0 Å². The van der Waals surface area contributed by atoms with Crippen molar-refractivity contribution in [3.8, 4) is 0 Å². The van der Waals surface area contributed by atoms with E-state index < -0.39 is 30.0 Å². The number of sulfonamides is 1. The summed E-state index contributed by atoms with van der Waals surface area (Å²) in [7, 11) is -3.44. The molecule has 4 rings (SSSR count). The molecule has 1 saturated heterocycles. The second-order valence-corrected chi connectivity index (χ2v) is 19.6. The molecule has 2 aromatic heterocycles. The van der Waals surface area contributed by atoms with Gasteiger partial charge >= 0.3 is 0 Å². The Morgan fingerprint density at radius 2 is 1.88 bits per heavy atom. The van der Waals surface area contributed by atoms with Crippen LogP contribution in [0.25, 0.3) is 10.9 Å². The zero-order valence-corrected chi connectivity index (χ0v) is 26.8. The smallest absolute Gasteiger partial charge is 0.269 e. The number of nitrogens with zero attached hydrogens (tertiary/aromatic N) is 5. The van der Waals surface area contributed by atoms with Crippen molar-refractivity contribution in [3.05, 3.63) is 53.3 Å². The van der Waals surface area contributed by atoms with Crippen molar-refractivity contribution in [2.24, 2.45) is 5.73 Å². The van der Waals surface area contributed by atoms with Crippen LogP contribution in [-0.4, -0.2) is 98.6 Å². The molecule has 14 heteroatoms. The van der Waals surface area contributed by atoms with E-state index in [1.165, 1.54) is 4.31 Å². The number of benzene rings is 1. The van der Waals surface area contributed by atoms with Crippen LogP contribution >= 0.6 is 0 Å². The van der Waals surface area contributed by atoms with Crippen LogP contribution in [0.15, 0.2) is 36.4 Å². The number of morpholine rings is 1. The maximum Gasteiger partial charge on any atom is 0.269 e.